The van der Waals surface area contributed by atoms with Crippen molar-refractivity contribution >= 4 is 21.7 Å². The highest BCUT2D eigenvalue weighted by Gasteiger charge is 2.33. The van der Waals surface area contributed by atoms with Gasteiger partial charge in [0.15, 0.2) is 0 Å². The highest BCUT2D eigenvalue weighted by Crippen LogP contribution is 2.24. The Morgan fingerprint density at radius 1 is 1.35 bits per heavy atom. The summed E-state index contributed by atoms with van der Waals surface area (Å²) in [6, 6.07) is 6.06. The highest BCUT2D eigenvalue weighted by atomic mass is 32.2. The van der Waals surface area contributed by atoms with Crippen molar-refractivity contribution in [2.45, 2.75) is 17.7 Å². The van der Waals surface area contributed by atoms with Crippen LogP contribution in [0.1, 0.15) is 12.8 Å². The third-order valence-corrected chi connectivity index (χ3v) is 5.32. The van der Waals surface area contributed by atoms with E-state index in [-0.39, 0.29) is 17.4 Å². The van der Waals surface area contributed by atoms with E-state index in [1.807, 2.05) is 0 Å². The van der Waals surface area contributed by atoms with Crippen molar-refractivity contribution in [2.75, 3.05) is 25.9 Å². The standard InChI is InChI=1S/C13H18N2O4S/c1-19-13(16)10-3-2-8-15(9-10)20(17,18)12-6-4-11(14)5-7-12/h4-7,10H,2-3,8-9,14H2,1H3/t10-/m1/s1. The maximum atomic E-state index is 12.5. The first-order valence-corrected chi connectivity index (χ1v) is 7.82. The molecule has 20 heavy (non-hydrogen) atoms. The van der Waals surface area contributed by atoms with Gasteiger partial charge in [0, 0.05) is 18.8 Å². The number of ether oxygens (including phenoxy) is 1. The zero-order valence-corrected chi connectivity index (χ0v) is 12.1. The number of rotatable bonds is 3. The molecule has 0 spiro atoms. The fraction of sp³-hybridized carbons (Fsp3) is 0.462. The molecule has 1 atom stereocenters. The molecule has 6 nitrogen and oxygen atoms in total. The molecule has 0 aromatic heterocycles. The highest BCUT2D eigenvalue weighted by molar-refractivity contribution is 7.89. The maximum Gasteiger partial charge on any atom is 0.309 e. The number of hydrogen-bond donors (Lipinski definition) is 1. The van der Waals surface area contributed by atoms with Gasteiger partial charge in [-0.15, -0.1) is 0 Å². The zero-order valence-electron chi connectivity index (χ0n) is 11.3. The van der Waals surface area contributed by atoms with E-state index in [0.29, 0.717) is 25.1 Å². The predicted molar refractivity (Wildman–Crippen MR) is 74.4 cm³/mol. The average Bonchev–Trinajstić information content (AvgIpc) is 2.47. The second-order valence-electron chi connectivity index (χ2n) is 4.79. The number of nitrogens with two attached hydrogens (primary N) is 1. The molecule has 1 fully saturated rings. The number of sulfonamides is 1. The van der Waals surface area contributed by atoms with Gasteiger partial charge < -0.3 is 10.5 Å². The maximum absolute atomic E-state index is 12.5. The Hall–Kier alpha value is -1.60. The summed E-state index contributed by atoms with van der Waals surface area (Å²) in [5.41, 5.74) is 6.07. The fourth-order valence-corrected chi connectivity index (χ4v) is 3.83. The molecule has 2 N–H and O–H groups in total. The summed E-state index contributed by atoms with van der Waals surface area (Å²) >= 11 is 0. The second-order valence-corrected chi connectivity index (χ2v) is 6.73. The Balaban J connectivity index is 2.21. The quantitative estimate of drug-likeness (QED) is 0.660. The van der Waals surface area contributed by atoms with Gasteiger partial charge in [-0.1, -0.05) is 0 Å². The molecule has 110 valence electrons. The first-order valence-electron chi connectivity index (χ1n) is 6.38. The molecule has 1 aliphatic rings. The Bertz CT molecular complexity index is 583. The molecule has 0 bridgehead atoms. The summed E-state index contributed by atoms with van der Waals surface area (Å²) in [7, 11) is -2.27. The fourth-order valence-electron chi connectivity index (χ4n) is 2.31. The lowest BCUT2D eigenvalue weighted by Crippen LogP contribution is -2.42. The average molecular weight is 298 g/mol. The van der Waals surface area contributed by atoms with Crippen LogP contribution in [0.2, 0.25) is 0 Å². The SMILES string of the molecule is COC(=O)[C@@H]1CCCN(S(=O)(=O)c2ccc(N)cc2)C1. The topological polar surface area (TPSA) is 89.7 Å². The minimum Gasteiger partial charge on any atom is -0.469 e. The van der Waals surface area contributed by atoms with Crippen LogP contribution in [0.3, 0.4) is 0 Å². The van der Waals surface area contributed by atoms with E-state index >= 15 is 0 Å². The number of methoxy groups -OCH3 is 1. The molecule has 0 saturated carbocycles. The first-order chi connectivity index (χ1) is 9.45. The number of hydrogen-bond acceptors (Lipinski definition) is 5. The van der Waals surface area contributed by atoms with Crippen LogP contribution in [0.15, 0.2) is 29.2 Å². The zero-order chi connectivity index (χ0) is 14.8. The second kappa shape index (κ2) is 5.80. The Kier molecular flexibility index (Phi) is 4.29. The summed E-state index contributed by atoms with van der Waals surface area (Å²) in [5, 5.41) is 0. The molecule has 1 aliphatic heterocycles. The van der Waals surface area contributed by atoms with Crippen molar-refractivity contribution in [3.63, 3.8) is 0 Å². The van der Waals surface area contributed by atoms with Crippen LogP contribution in [0.5, 0.6) is 0 Å². The van der Waals surface area contributed by atoms with Crippen LogP contribution in [0.25, 0.3) is 0 Å². The molecule has 1 saturated heterocycles. The van der Waals surface area contributed by atoms with Gasteiger partial charge >= 0.3 is 5.97 Å². The van der Waals surface area contributed by atoms with Crippen molar-refractivity contribution < 1.29 is 17.9 Å². The molecular formula is C13H18N2O4S. The van der Waals surface area contributed by atoms with Crippen molar-refractivity contribution in [3.8, 4) is 0 Å². The van der Waals surface area contributed by atoms with E-state index in [0.717, 1.165) is 0 Å². The lowest BCUT2D eigenvalue weighted by Gasteiger charge is -2.30. The molecule has 0 radical (unpaired) electrons. The first kappa shape index (κ1) is 14.8. The third-order valence-electron chi connectivity index (χ3n) is 3.44. The monoisotopic (exact) mass is 298 g/mol. The van der Waals surface area contributed by atoms with Crippen LogP contribution >= 0.6 is 0 Å². The largest absolute Gasteiger partial charge is 0.469 e. The molecule has 1 aromatic rings. The van der Waals surface area contributed by atoms with Crippen LogP contribution in [0, 0.1) is 5.92 Å². The number of esters is 1. The van der Waals surface area contributed by atoms with Gasteiger partial charge in [-0.2, -0.15) is 4.31 Å². The summed E-state index contributed by atoms with van der Waals surface area (Å²) in [6.07, 6.45) is 1.30. The molecule has 0 aliphatic carbocycles. The molecule has 0 unspecified atom stereocenters. The number of carbonyl (C=O) groups excluding carboxylic acids is 1. The normalized spacial score (nSPS) is 20.6. The number of nitrogen functional groups attached to an aromatic ring is 1. The van der Waals surface area contributed by atoms with Crippen molar-refractivity contribution in [1.29, 1.82) is 0 Å². The predicted octanol–water partition coefficient (Wildman–Crippen LogP) is 0.842. The van der Waals surface area contributed by atoms with Gasteiger partial charge in [0.1, 0.15) is 0 Å². The lowest BCUT2D eigenvalue weighted by molar-refractivity contribution is -0.146. The smallest absolute Gasteiger partial charge is 0.309 e. The molecule has 7 heteroatoms. The van der Waals surface area contributed by atoms with Crippen LogP contribution in [0.4, 0.5) is 5.69 Å². The van der Waals surface area contributed by atoms with Gasteiger partial charge in [-0.3, -0.25) is 4.79 Å². The van der Waals surface area contributed by atoms with Gasteiger partial charge in [-0.05, 0) is 37.1 Å². The van der Waals surface area contributed by atoms with E-state index in [2.05, 4.69) is 0 Å². The van der Waals surface area contributed by atoms with Gasteiger partial charge in [0.25, 0.3) is 0 Å². The minimum atomic E-state index is -3.58. The van der Waals surface area contributed by atoms with Crippen LogP contribution in [-0.4, -0.2) is 38.9 Å². The van der Waals surface area contributed by atoms with Gasteiger partial charge in [0.2, 0.25) is 10.0 Å². The number of benzene rings is 1. The summed E-state index contributed by atoms with van der Waals surface area (Å²) in [5.74, 6) is -0.750. The van der Waals surface area contributed by atoms with Crippen LogP contribution < -0.4 is 5.73 Å². The molecular weight excluding hydrogens is 280 g/mol. The van der Waals surface area contributed by atoms with Crippen molar-refractivity contribution in [2.24, 2.45) is 5.92 Å². The number of nitrogens with zero attached hydrogens (tertiary/aromatic N) is 1. The van der Waals surface area contributed by atoms with E-state index in [1.165, 1.54) is 23.5 Å². The van der Waals surface area contributed by atoms with Crippen molar-refractivity contribution in [3.05, 3.63) is 24.3 Å². The van der Waals surface area contributed by atoms with E-state index in [9.17, 15) is 13.2 Å². The van der Waals surface area contributed by atoms with Gasteiger partial charge in [0.05, 0.1) is 17.9 Å². The summed E-state index contributed by atoms with van der Waals surface area (Å²) in [4.78, 5) is 11.8. The Labute approximate surface area is 118 Å². The number of anilines is 1. The van der Waals surface area contributed by atoms with E-state index in [1.54, 1.807) is 12.1 Å². The van der Waals surface area contributed by atoms with Crippen LogP contribution in [-0.2, 0) is 19.6 Å². The third kappa shape index (κ3) is 2.94. The Morgan fingerprint density at radius 2 is 2.00 bits per heavy atom. The number of carbonyl (C=O) groups is 1. The Morgan fingerprint density at radius 3 is 2.60 bits per heavy atom. The summed E-state index contributed by atoms with van der Waals surface area (Å²) in [6.45, 7) is 0.583. The van der Waals surface area contributed by atoms with E-state index < -0.39 is 15.9 Å². The summed E-state index contributed by atoms with van der Waals surface area (Å²) < 4.78 is 31.0. The molecule has 2 rings (SSSR count). The lowest BCUT2D eigenvalue weighted by atomic mass is 10.0. The molecule has 1 aromatic carbocycles. The van der Waals surface area contributed by atoms with Crippen molar-refractivity contribution in [1.82, 2.24) is 4.31 Å². The molecule has 1 heterocycles. The van der Waals surface area contributed by atoms with E-state index in [4.69, 9.17) is 10.5 Å². The minimum absolute atomic E-state index is 0.166. The van der Waals surface area contributed by atoms with Gasteiger partial charge in [-0.25, -0.2) is 8.42 Å². The molecule has 0 amide bonds. The number of piperidine rings is 1.